The second-order valence-electron chi connectivity index (χ2n) is 33.5. The Kier molecular flexibility index (Phi) is 47.0. The van der Waals surface area contributed by atoms with Gasteiger partial charge in [-0.25, -0.2) is 29.0 Å². The number of amides is 8. The van der Waals surface area contributed by atoms with Crippen LogP contribution in [-0.2, 0) is 72.4 Å². The first-order chi connectivity index (χ1) is 64.9. The maximum Gasteiger partial charge on any atom is 0.534 e. The van der Waals surface area contributed by atoms with E-state index in [4.69, 9.17) is 58.5 Å². The molecule has 8 amide bonds. The lowest BCUT2D eigenvalue weighted by Crippen LogP contribution is -2.49. The number of Topliss-reactive ketones (excluding diaryl/α,β-unsaturated/α-hetero) is 2. The number of sulfonamides is 2. The summed E-state index contributed by atoms with van der Waals surface area (Å²) in [5, 5.41) is 14.6. The molecular formula is C92H120Cl3F9N12O19S3. The van der Waals surface area contributed by atoms with Crippen LogP contribution in [0.2, 0.25) is 5.02 Å². The Morgan fingerprint density at radius 1 is 0.464 bits per heavy atom. The van der Waals surface area contributed by atoms with Gasteiger partial charge >= 0.3 is 70.8 Å². The molecule has 0 atom stereocenters. The van der Waals surface area contributed by atoms with Crippen LogP contribution in [0.4, 0.5) is 92.9 Å². The molecule has 5 N–H and O–H groups in total. The van der Waals surface area contributed by atoms with Crippen LogP contribution in [0.15, 0.2) is 156 Å². The Bertz CT molecular complexity index is 5120. The van der Waals surface area contributed by atoms with Crippen LogP contribution in [0, 0.1) is 0 Å². The highest BCUT2D eigenvalue weighted by Crippen LogP contribution is 2.40. The maximum atomic E-state index is 12.5. The van der Waals surface area contributed by atoms with Crippen molar-refractivity contribution in [3.63, 3.8) is 0 Å². The Balaban J connectivity index is 0.000000247. The average molecular weight is 2070 g/mol. The van der Waals surface area contributed by atoms with E-state index in [2.05, 4.69) is 108 Å². The molecule has 0 unspecified atom stereocenters. The van der Waals surface area contributed by atoms with E-state index in [1.54, 1.807) is 21.9 Å². The molecule has 5 aromatic carbocycles. The van der Waals surface area contributed by atoms with E-state index in [9.17, 15) is 98.3 Å². The first-order valence-electron chi connectivity index (χ1n) is 44.4. The summed E-state index contributed by atoms with van der Waals surface area (Å²) in [6.07, 6.45) is 10.9. The summed E-state index contributed by atoms with van der Waals surface area (Å²) in [5.74, 6) is 0.228. The van der Waals surface area contributed by atoms with Gasteiger partial charge in [-0.15, -0.1) is 26.9 Å². The third-order valence-corrected chi connectivity index (χ3v) is 26.6. The number of piperidine rings is 4. The standard InChI is InChI=1S/C17H24N2O3.C16H19F3N2O4S.2C15H20N2O2.C10H11NO.C7H3ClF6N2O4S2.C7H13NO2.C4H8O.CH2Cl2/c1-13(2)14-3-5-15(6-4-14)18-16(20)19-9-7-17(8-10-19)21-11-12-22-17;1-11(2)12-3-5-13(6-4-12)20-15(22)21-9-7-14(8-10-21)25-26(23,24)16(17,18)19;2*1-11(2)12-3-5-13(6-4-12)16-15(19)17-9-7-14(18)8-10-17;1-8(2)9-3-5-10(6-4-9)11-7-12;8-4-1-2-5(15-3-4)16(21(17,18)6(9,10)11)22(19,20)7(12,13)14;1-3-8-4-2-7(1)9-5-6-10-7;1-2-4-5-3-1;2-1-3/h3-6,13H,7-12H2,1-2H3,(H,18,20);3-7,11H,8-10H2,1-2H3,(H,20,22);2*3-6,11H,7-10H2,1-2H3,(H,16,19);3-6,8H,1-2H3;1-3H;8H,1-6H2;1-4H2;1H2. The predicted octanol–water partition coefficient (Wildman–Crippen LogP) is 20.3. The lowest BCUT2D eigenvalue weighted by molar-refractivity contribution is -0.181. The van der Waals surface area contributed by atoms with Crippen molar-refractivity contribution in [3.8, 4) is 0 Å². The molecule has 8 aliphatic rings. The molecule has 46 heteroatoms. The summed E-state index contributed by atoms with van der Waals surface area (Å²) >= 11 is 14.8. The zero-order valence-electron chi connectivity index (χ0n) is 78.2. The second-order valence-corrected chi connectivity index (χ2v) is 40.1. The Labute approximate surface area is 814 Å². The van der Waals surface area contributed by atoms with Crippen LogP contribution in [0.3, 0.4) is 0 Å². The van der Waals surface area contributed by atoms with E-state index in [0.29, 0.717) is 131 Å². The van der Waals surface area contributed by atoms with Gasteiger partial charge in [0.15, 0.2) is 17.4 Å². The Morgan fingerprint density at radius 3 is 1.05 bits per heavy atom. The molecule has 0 radical (unpaired) electrons. The number of halogens is 12. The van der Waals surface area contributed by atoms with Gasteiger partial charge in [-0.2, -0.15) is 69.8 Å². The largest absolute Gasteiger partial charge is 0.534 e. The summed E-state index contributed by atoms with van der Waals surface area (Å²) < 4.78 is 208. The van der Waals surface area contributed by atoms with Gasteiger partial charge < -0.3 is 74.1 Å². The summed E-state index contributed by atoms with van der Waals surface area (Å²) in [7, 11) is -19.5. The van der Waals surface area contributed by atoms with Gasteiger partial charge in [0, 0.05) is 165 Å². The molecule has 7 fully saturated rings. The molecule has 14 rings (SSSR count). The number of hydrogen-bond donors (Lipinski definition) is 5. The number of benzene rings is 5. The van der Waals surface area contributed by atoms with E-state index in [1.807, 2.05) is 116 Å². The quantitative estimate of drug-likeness (QED) is 0.0159. The van der Waals surface area contributed by atoms with Crippen LogP contribution in [0.25, 0.3) is 0 Å². The van der Waals surface area contributed by atoms with E-state index in [1.165, 1.54) is 46.1 Å². The van der Waals surface area contributed by atoms with Gasteiger partial charge in [-0.3, -0.25) is 9.59 Å². The molecule has 0 bridgehead atoms. The van der Waals surface area contributed by atoms with Crippen molar-refractivity contribution in [2.24, 2.45) is 4.99 Å². The summed E-state index contributed by atoms with van der Waals surface area (Å²) in [4.78, 5) is 93.6. The van der Waals surface area contributed by atoms with Crippen molar-refractivity contribution in [1.82, 2.24) is 29.9 Å². The van der Waals surface area contributed by atoms with Gasteiger partial charge in [0.1, 0.15) is 17.3 Å². The van der Waals surface area contributed by atoms with Crippen molar-refractivity contribution in [1.29, 1.82) is 0 Å². The molecule has 1 aromatic heterocycles. The average Bonchev–Trinajstić information content (AvgIpc) is 0.948. The van der Waals surface area contributed by atoms with Gasteiger partial charge in [0.25, 0.3) is 0 Å². The number of urea groups is 4. The van der Waals surface area contributed by atoms with Crippen molar-refractivity contribution >= 4 is 141 Å². The number of carbonyl (C=O) groups excluding carboxylic acids is 7. The number of nitrogens with one attached hydrogen (secondary N) is 5. The molecule has 6 aromatic rings. The minimum absolute atomic E-state index is 0.0368. The van der Waals surface area contributed by atoms with Crippen molar-refractivity contribution in [2.45, 2.75) is 198 Å². The van der Waals surface area contributed by atoms with Crippen LogP contribution in [-0.4, -0.2) is 230 Å². The van der Waals surface area contributed by atoms with Crippen LogP contribution in [0.5, 0.6) is 0 Å². The Morgan fingerprint density at radius 2 is 0.775 bits per heavy atom. The first kappa shape index (κ1) is 117. The van der Waals surface area contributed by atoms with Crippen molar-refractivity contribution in [3.05, 3.63) is 184 Å². The fourth-order valence-corrected chi connectivity index (χ4v) is 16.9. The number of pyridine rings is 1. The minimum Gasteiger partial charge on any atom is -0.381 e. The van der Waals surface area contributed by atoms with Gasteiger partial charge in [-0.05, 0) is 149 Å². The fraction of sp³-hybridized carbons (Fsp3) is 0.522. The first-order valence-corrected chi connectivity index (χ1v) is 50.2. The molecular weight excluding hydrogens is 1950 g/mol. The number of alkyl halides is 11. The zero-order valence-corrected chi connectivity index (χ0v) is 82.9. The van der Waals surface area contributed by atoms with Crippen molar-refractivity contribution < 1.29 is 126 Å². The van der Waals surface area contributed by atoms with Crippen LogP contribution < -0.4 is 30.3 Å². The number of anilines is 5. The Hall–Kier alpha value is -9.76. The predicted molar refractivity (Wildman–Crippen MR) is 509 cm³/mol. The van der Waals surface area contributed by atoms with Crippen LogP contribution >= 0.6 is 34.8 Å². The number of hydrogen-bond acceptors (Lipinski definition) is 22. The van der Waals surface area contributed by atoms with E-state index < -0.39 is 68.0 Å². The monoisotopic (exact) mass is 2070 g/mol. The highest BCUT2D eigenvalue weighted by Gasteiger charge is 2.62. The van der Waals surface area contributed by atoms with Gasteiger partial charge in [-0.1, -0.05) is 142 Å². The van der Waals surface area contributed by atoms with Gasteiger partial charge in [0.2, 0.25) is 6.08 Å². The van der Waals surface area contributed by atoms with E-state index in [0.717, 1.165) is 93.9 Å². The highest BCUT2D eigenvalue weighted by molar-refractivity contribution is 8.11. The topological polar surface area (TPSA) is 379 Å². The number of rotatable bonds is 15. The molecule has 138 heavy (non-hydrogen) atoms. The summed E-state index contributed by atoms with van der Waals surface area (Å²) in [5.41, 5.74) is -8.28. The zero-order chi connectivity index (χ0) is 102. The summed E-state index contributed by atoms with van der Waals surface area (Å²) in [6.45, 7) is 31.5. The molecule has 31 nitrogen and oxygen atoms in total. The lowest BCUT2D eigenvalue weighted by Gasteiger charge is -2.37. The number of carbonyl (C=O) groups is 6. The molecule has 764 valence electrons. The molecule has 0 aliphatic carbocycles. The van der Waals surface area contributed by atoms with E-state index >= 15 is 0 Å². The number of ketones is 2. The van der Waals surface area contributed by atoms with E-state index in [-0.39, 0.29) is 77.1 Å². The number of likely N-dealkylation sites (tertiary alicyclic amines) is 3. The normalized spacial score (nSPS) is 16.9. The number of nitrogens with zero attached hydrogens (tertiary/aromatic N) is 7. The SMILES string of the molecule is C1CC2(CCN1)OCCO2.C1CCOC1.CC(C)c1ccc(N=C=O)cc1.CC(C)c1ccc(NC(=O)N2CC=C(OS(=O)(=O)C(F)(F)F)CC2)cc1.CC(C)c1ccc(NC(=O)N2CCC(=O)CC2)cc1.CC(C)c1ccc(NC(=O)N2CCC(=O)CC2)cc1.CC(C)c1ccc(NC(=O)N2CCC3(CC2)OCCO3)cc1.ClCCl.O=S(=O)(N(c1ccc(Cl)cn1)S(=O)(=O)C(F)(F)F)C(F)(F)F. The minimum atomic E-state index is -6.93. The lowest BCUT2D eigenvalue weighted by atomic mass is 10.0. The third-order valence-electron chi connectivity index (χ3n) is 21.8. The molecule has 8 aliphatic heterocycles. The molecule has 2 spiro atoms. The van der Waals surface area contributed by atoms with Crippen molar-refractivity contribution in [2.75, 3.05) is 135 Å². The van der Waals surface area contributed by atoms with Crippen LogP contribution in [0.1, 0.15) is 197 Å². The third kappa shape index (κ3) is 38.0. The highest BCUT2D eigenvalue weighted by atomic mass is 35.5. The number of ether oxygens (including phenoxy) is 5. The fourth-order valence-electron chi connectivity index (χ4n) is 13.6. The molecule has 7 saturated heterocycles. The molecule has 0 saturated carbocycles. The second kappa shape index (κ2) is 55.4. The molecule has 9 heterocycles. The maximum absolute atomic E-state index is 12.5. The smallest absolute Gasteiger partial charge is 0.381 e. The van der Waals surface area contributed by atoms with Gasteiger partial charge in [0.05, 0.1) is 42.5 Å². The number of aliphatic imine (C=N–C) groups is 1. The summed E-state index contributed by atoms with van der Waals surface area (Å²) in [6, 6.07) is 38.9. The number of aromatic nitrogens is 1. The number of isocyanates is 1.